The molecule has 0 radical (unpaired) electrons. The average Bonchev–Trinajstić information content (AvgIpc) is 2.86. The van der Waals surface area contributed by atoms with Crippen LogP contribution in [0.5, 0.6) is 0 Å². The van der Waals surface area contributed by atoms with Gasteiger partial charge in [-0.2, -0.15) is 5.26 Å². The van der Waals surface area contributed by atoms with Crippen LogP contribution in [0.1, 0.15) is 30.5 Å². The van der Waals surface area contributed by atoms with E-state index in [0.29, 0.717) is 22.9 Å². The summed E-state index contributed by atoms with van der Waals surface area (Å²) in [7, 11) is 0. The van der Waals surface area contributed by atoms with Crippen molar-refractivity contribution in [3.05, 3.63) is 46.6 Å². The van der Waals surface area contributed by atoms with Gasteiger partial charge in [0.1, 0.15) is 17.6 Å². The standard InChI is InChI=1S/C17H19ClN4/c18-14-6-4-13(5-7-14)12-22-15(11-19)10-16(20)17(22)21-8-2-1-3-9-21/h4-7,10H,1-3,8-9,12,20H2. The molecule has 1 aliphatic rings. The minimum absolute atomic E-state index is 0.605. The molecule has 1 saturated heterocycles. The normalized spacial score (nSPS) is 14.8. The molecule has 1 aromatic carbocycles. The monoisotopic (exact) mass is 314 g/mol. The molecule has 2 aromatic rings. The lowest BCUT2D eigenvalue weighted by atomic mass is 10.1. The van der Waals surface area contributed by atoms with E-state index in [1.165, 1.54) is 19.3 Å². The van der Waals surface area contributed by atoms with Gasteiger partial charge in [-0.1, -0.05) is 23.7 Å². The highest BCUT2D eigenvalue weighted by Gasteiger charge is 2.21. The van der Waals surface area contributed by atoms with Crippen molar-refractivity contribution in [2.24, 2.45) is 0 Å². The van der Waals surface area contributed by atoms with Gasteiger partial charge in [-0.3, -0.25) is 0 Å². The van der Waals surface area contributed by atoms with E-state index in [-0.39, 0.29) is 0 Å². The molecule has 0 aliphatic carbocycles. The summed E-state index contributed by atoms with van der Waals surface area (Å²) < 4.78 is 2.02. The number of halogens is 1. The molecule has 0 bridgehead atoms. The van der Waals surface area contributed by atoms with Crippen molar-refractivity contribution in [1.82, 2.24) is 4.57 Å². The predicted octanol–water partition coefficient (Wildman–Crippen LogP) is 3.63. The fourth-order valence-electron chi connectivity index (χ4n) is 3.04. The molecule has 3 rings (SSSR count). The molecule has 4 nitrogen and oxygen atoms in total. The van der Waals surface area contributed by atoms with E-state index in [9.17, 15) is 5.26 Å². The van der Waals surface area contributed by atoms with E-state index < -0.39 is 0 Å². The third-order valence-electron chi connectivity index (χ3n) is 4.12. The van der Waals surface area contributed by atoms with E-state index in [1.54, 1.807) is 6.07 Å². The molecule has 5 heteroatoms. The summed E-state index contributed by atoms with van der Waals surface area (Å²) in [4.78, 5) is 2.30. The quantitative estimate of drug-likeness (QED) is 0.941. The SMILES string of the molecule is N#Cc1cc(N)c(N2CCCCC2)n1Cc1ccc(Cl)cc1. The lowest BCUT2D eigenvalue weighted by Crippen LogP contribution is -2.32. The molecule has 114 valence electrons. The smallest absolute Gasteiger partial charge is 0.133 e. The fraction of sp³-hybridized carbons (Fsp3) is 0.353. The van der Waals surface area contributed by atoms with Crippen molar-refractivity contribution in [1.29, 1.82) is 5.26 Å². The van der Waals surface area contributed by atoms with Crippen molar-refractivity contribution in [2.75, 3.05) is 23.7 Å². The molecule has 1 aliphatic heterocycles. The zero-order chi connectivity index (χ0) is 15.5. The van der Waals surface area contributed by atoms with Gasteiger partial charge in [0.05, 0.1) is 12.2 Å². The average molecular weight is 315 g/mol. The Morgan fingerprint density at radius 2 is 1.82 bits per heavy atom. The Bertz CT molecular complexity index is 691. The van der Waals surface area contributed by atoms with Crippen molar-refractivity contribution < 1.29 is 0 Å². The number of benzene rings is 1. The van der Waals surface area contributed by atoms with Crippen LogP contribution in [0.4, 0.5) is 11.5 Å². The Kier molecular flexibility index (Phi) is 4.26. The largest absolute Gasteiger partial charge is 0.396 e. The highest BCUT2D eigenvalue weighted by atomic mass is 35.5. The molecule has 0 spiro atoms. The first-order valence-electron chi connectivity index (χ1n) is 7.57. The van der Waals surface area contributed by atoms with Gasteiger partial charge in [-0.25, -0.2) is 0 Å². The van der Waals surface area contributed by atoms with Gasteiger partial charge in [-0.05, 0) is 43.0 Å². The predicted molar refractivity (Wildman–Crippen MR) is 90.2 cm³/mol. The Hall–Kier alpha value is -2.12. The molecule has 0 amide bonds. The minimum Gasteiger partial charge on any atom is -0.396 e. The first kappa shape index (κ1) is 14.8. The summed E-state index contributed by atoms with van der Waals surface area (Å²) in [5.41, 5.74) is 8.59. The van der Waals surface area contributed by atoms with Crippen LogP contribution in [0.2, 0.25) is 5.02 Å². The number of hydrogen-bond acceptors (Lipinski definition) is 3. The van der Waals surface area contributed by atoms with Crippen molar-refractivity contribution in [3.8, 4) is 6.07 Å². The molecule has 0 saturated carbocycles. The molecular formula is C17H19ClN4. The second kappa shape index (κ2) is 6.33. The molecular weight excluding hydrogens is 296 g/mol. The van der Waals surface area contributed by atoms with E-state index in [0.717, 1.165) is 24.5 Å². The molecule has 2 N–H and O–H groups in total. The van der Waals surface area contributed by atoms with Gasteiger partial charge in [0.25, 0.3) is 0 Å². The molecule has 1 aromatic heterocycles. The topological polar surface area (TPSA) is 58.0 Å². The van der Waals surface area contributed by atoms with E-state index in [4.69, 9.17) is 17.3 Å². The summed E-state index contributed by atoms with van der Waals surface area (Å²) in [5.74, 6) is 0.978. The fourth-order valence-corrected chi connectivity index (χ4v) is 3.17. The van der Waals surface area contributed by atoms with Crippen LogP contribution in [0.15, 0.2) is 30.3 Å². The summed E-state index contributed by atoms with van der Waals surface area (Å²) in [5, 5.41) is 10.1. The number of hydrogen-bond donors (Lipinski definition) is 1. The Balaban J connectivity index is 1.97. The summed E-state index contributed by atoms with van der Waals surface area (Å²) >= 11 is 5.94. The minimum atomic E-state index is 0.605. The van der Waals surface area contributed by atoms with Gasteiger partial charge in [-0.15, -0.1) is 0 Å². The van der Waals surface area contributed by atoms with E-state index in [2.05, 4.69) is 11.0 Å². The van der Waals surface area contributed by atoms with Crippen LogP contribution < -0.4 is 10.6 Å². The Morgan fingerprint density at radius 3 is 2.45 bits per heavy atom. The van der Waals surface area contributed by atoms with Gasteiger partial charge < -0.3 is 15.2 Å². The number of nitriles is 1. The zero-order valence-electron chi connectivity index (χ0n) is 12.4. The maximum Gasteiger partial charge on any atom is 0.133 e. The maximum absolute atomic E-state index is 9.41. The number of rotatable bonds is 3. The van der Waals surface area contributed by atoms with Crippen LogP contribution in [0.25, 0.3) is 0 Å². The maximum atomic E-state index is 9.41. The highest BCUT2D eigenvalue weighted by Crippen LogP contribution is 2.31. The van der Waals surface area contributed by atoms with Crippen LogP contribution >= 0.6 is 11.6 Å². The van der Waals surface area contributed by atoms with Crippen LogP contribution in [0.3, 0.4) is 0 Å². The second-order valence-electron chi connectivity index (χ2n) is 5.68. The third-order valence-corrected chi connectivity index (χ3v) is 4.37. The number of nitrogens with zero attached hydrogens (tertiary/aromatic N) is 3. The molecule has 22 heavy (non-hydrogen) atoms. The molecule has 0 unspecified atom stereocenters. The van der Waals surface area contributed by atoms with Gasteiger partial charge >= 0.3 is 0 Å². The Morgan fingerprint density at radius 1 is 1.14 bits per heavy atom. The third kappa shape index (κ3) is 2.90. The number of nitrogen functional groups attached to an aromatic ring is 1. The first-order chi connectivity index (χ1) is 10.7. The number of aromatic nitrogens is 1. The first-order valence-corrected chi connectivity index (χ1v) is 7.95. The second-order valence-corrected chi connectivity index (χ2v) is 6.12. The van der Waals surface area contributed by atoms with Crippen LogP contribution in [-0.2, 0) is 6.54 Å². The summed E-state index contributed by atoms with van der Waals surface area (Å²) in [6, 6.07) is 11.7. The number of nitrogens with two attached hydrogens (primary N) is 1. The van der Waals surface area contributed by atoms with Crippen molar-refractivity contribution in [2.45, 2.75) is 25.8 Å². The lowest BCUT2D eigenvalue weighted by molar-refractivity contribution is 0.564. The van der Waals surface area contributed by atoms with Gasteiger partial charge in [0.2, 0.25) is 0 Å². The van der Waals surface area contributed by atoms with Crippen molar-refractivity contribution >= 4 is 23.1 Å². The Labute approximate surface area is 135 Å². The van der Waals surface area contributed by atoms with Crippen LogP contribution in [0, 0.1) is 11.3 Å². The van der Waals surface area contributed by atoms with E-state index in [1.807, 2.05) is 28.8 Å². The van der Waals surface area contributed by atoms with Crippen molar-refractivity contribution in [3.63, 3.8) is 0 Å². The summed E-state index contributed by atoms with van der Waals surface area (Å²) in [6.45, 7) is 2.63. The zero-order valence-corrected chi connectivity index (χ0v) is 13.2. The van der Waals surface area contributed by atoms with E-state index >= 15 is 0 Å². The number of anilines is 2. The number of piperidine rings is 1. The van der Waals surface area contributed by atoms with Gasteiger partial charge in [0, 0.05) is 18.1 Å². The van der Waals surface area contributed by atoms with Gasteiger partial charge in [0.15, 0.2) is 0 Å². The summed E-state index contributed by atoms with van der Waals surface area (Å²) in [6.07, 6.45) is 3.61. The van der Waals surface area contributed by atoms with Crippen LogP contribution in [-0.4, -0.2) is 17.7 Å². The molecule has 2 heterocycles. The highest BCUT2D eigenvalue weighted by molar-refractivity contribution is 6.30. The molecule has 0 atom stereocenters. The lowest BCUT2D eigenvalue weighted by Gasteiger charge is -2.30. The molecule has 1 fully saturated rings.